The average Bonchev–Trinajstić information content (AvgIpc) is 3.04. The minimum Gasteiger partial charge on any atom is -0.756 e. The van der Waals surface area contributed by atoms with Crippen LogP contribution in [-0.4, -0.2) is 77.5 Å². The second-order valence-electron chi connectivity index (χ2n) is 7.39. The molecule has 7 atom stereocenters. The molecule has 0 aromatic heterocycles. The van der Waals surface area contributed by atoms with Gasteiger partial charge in [-0.25, -0.2) is 0 Å². The Balaban J connectivity index is 1.87. The maximum Gasteiger partial charge on any atom is 0.268 e. The summed E-state index contributed by atoms with van der Waals surface area (Å²) in [6.45, 7) is 7.44. The van der Waals surface area contributed by atoms with Crippen molar-refractivity contribution >= 4 is 23.5 Å². The summed E-state index contributed by atoms with van der Waals surface area (Å²) in [7, 11) is 6.92. The van der Waals surface area contributed by atoms with Gasteiger partial charge in [-0.3, -0.25) is 4.57 Å². The van der Waals surface area contributed by atoms with Crippen LogP contribution in [0, 0.1) is 0 Å². The zero-order chi connectivity index (χ0) is 20.2. The maximum atomic E-state index is 12.3. The van der Waals surface area contributed by atoms with Crippen LogP contribution in [0.4, 0.5) is 0 Å². The highest BCUT2D eigenvalue weighted by Crippen LogP contribution is 2.44. The summed E-state index contributed by atoms with van der Waals surface area (Å²) in [5, 5.41) is 0. The number of ether oxygens (including phenoxy) is 4. The fourth-order valence-corrected chi connectivity index (χ4v) is 3.99. The predicted octanol–water partition coefficient (Wildman–Crippen LogP) is 0.642. The second-order valence-corrected chi connectivity index (χ2v) is 8.75. The largest absolute Gasteiger partial charge is 0.756 e. The van der Waals surface area contributed by atoms with Gasteiger partial charge in [-0.2, -0.15) is 0 Å². The fourth-order valence-electron chi connectivity index (χ4n) is 3.04. The van der Waals surface area contributed by atoms with Gasteiger partial charge in [-0.05, 0) is 40.5 Å². The van der Waals surface area contributed by atoms with Crippen molar-refractivity contribution in [2.75, 3.05) is 13.2 Å². The van der Waals surface area contributed by atoms with Crippen LogP contribution in [0.2, 0.25) is 0 Å². The molecule has 0 aromatic carbocycles. The van der Waals surface area contributed by atoms with Crippen LogP contribution in [0.1, 0.15) is 40.5 Å². The molecule has 0 saturated carbocycles. The average molecular weight is 401 g/mol. The lowest BCUT2D eigenvalue weighted by Crippen LogP contribution is -2.33. The molecule has 2 aliphatic heterocycles. The van der Waals surface area contributed by atoms with E-state index in [1.54, 1.807) is 0 Å². The van der Waals surface area contributed by atoms with Gasteiger partial charge in [0.15, 0.2) is 0 Å². The number of hydrogen-bond donors (Lipinski definition) is 0. The first kappa shape index (κ1) is 23.4. The Morgan fingerprint density at radius 2 is 1.56 bits per heavy atom. The molecule has 27 heavy (non-hydrogen) atoms. The number of phosphoric ester groups is 1. The van der Waals surface area contributed by atoms with E-state index in [1.807, 2.05) is 27.7 Å². The molecule has 2 heterocycles. The van der Waals surface area contributed by atoms with E-state index in [1.165, 1.54) is 0 Å². The summed E-state index contributed by atoms with van der Waals surface area (Å²) in [4.78, 5) is 12.3. The summed E-state index contributed by atoms with van der Waals surface area (Å²) in [6, 6.07) is -1.14. The molecule has 0 aliphatic carbocycles. The second kappa shape index (κ2) is 10.2. The molecule has 152 valence electrons. The molecule has 0 spiro atoms. The Morgan fingerprint density at radius 3 is 2.11 bits per heavy atom. The lowest BCUT2D eigenvalue weighted by atomic mass is 9.96. The van der Waals surface area contributed by atoms with Crippen LogP contribution >= 0.6 is 7.82 Å². The molecule has 4 radical (unpaired) electrons. The van der Waals surface area contributed by atoms with E-state index < -0.39 is 38.1 Å². The van der Waals surface area contributed by atoms with E-state index in [0.717, 1.165) is 0 Å². The van der Waals surface area contributed by atoms with E-state index in [4.69, 9.17) is 43.7 Å². The molecule has 11 heteroatoms. The van der Waals surface area contributed by atoms with E-state index in [9.17, 15) is 9.46 Å². The molecule has 0 bridgehead atoms. The summed E-state index contributed by atoms with van der Waals surface area (Å²) >= 11 is 0. The Kier molecular flexibility index (Phi) is 8.84. The van der Waals surface area contributed by atoms with Crippen LogP contribution in [0.15, 0.2) is 0 Å². The van der Waals surface area contributed by atoms with Gasteiger partial charge in [0.05, 0.1) is 37.6 Å². The molecule has 2 rings (SSSR count). The minimum atomic E-state index is -4.60. The van der Waals surface area contributed by atoms with Crippen molar-refractivity contribution in [2.45, 2.75) is 89.2 Å². The van der Waals surface area contributed by atoms with Crippen molar-refractivity contribution in [1.82, 2.24) is 0 Å². The van der Waals surface area contributed by atoms with E-state index in [2.05, 4.69) is 0 Å². The third-order valence-corrected chi connectivity index (χ3v) is 5.15. The molecule has 3 unspecified atom stereocenters. The van der Waals surface area contributed by atoms with Crippen LogP contribution in [-0.2, 0) is 32.6 Å². The Labute approximate surface area is 164 Å². The van der Waals surface area contributed by atoms with Gasteiger partial charge in [0.2, 0.25) is 0 Å². The van der Waals surface area contributed by atoms with Gasteiger partial charge in [-0.15, -0.1) is 0 Å². The van der Waals surface area contributed by atoms with Crippen molar-refractivity contribution in [3.8, 4) is 0 Å². The minimum absolute atomic E-state index is 0.0250. The first-order valence-electron chi connectivity index (χ1n) is 9.29. The van der Waals surface area contributed by atoms with Gasteiger partial charge >= 0.3 is 0 Å². The molecule has 2 saturated heterocycles. The summed E-state index contributed by atoms with van der Waals surface area (Å²) < 4.78 is 44.6. The normalized spacial score (nSPS) is 36.6. The van der Waals surface area contributed by atoms with Crippen LogP contribution in [0.5, 0.6) is 0 Å². The van der Waals surface area contributed by atoms with Crippen LogP contribution in [0.25, 0.3) is 0 Å². The monoisotopic (exact) mass is 401 g/mol. The molecule has 2 fully saturated rings. The van der Waals surface area contributed by atoms with E-state index in [0.29, 0.717) is 6.42 Å². The molecule has 2 aliphatic rings. The SMILES string of the molecule is [B][C@H]1CC(OC(C)C)[C@@H](COP(=O)([O-])OC2C[C@H]([B])O[C@@H]2COC(C)C)O1. The Bertz CT molecular complexity index is 509. The first-order valence-corrected chi connectivity index (χ1v) is 10.7. The van der Waals surface area contributed by atoms with Crippen molar-refractivity contribution in [1.29, 1.82) is 0 Å². The lowest BCUT2D eigenvalue weighted by molar-refractivity contribution is -0.234. The van der Waals surface area contributed by atoms with Crippen molar-refractivity contribution in [3.63, 3.8) is 0 Å². The Hall–Kier alpha value is 0.0799. The van der Waals surface area contributed by atoms with Crippen molar-refractivity contribution in [2.24, 2.45) is 0 Å². The van der Waals surface area contributed by atoms with E-state index in [-0.39, 0.29) is 37.9 Å². The topological polar surface area (TPSA) is 95.5 Å². The number of hydrogen-bond acceptors (Lipinski definition) is 8. The van der Waals surface area contributed by atoms with Gasteiger partial charge in [-0.1, -0.05) is 0 Å². The molecule has 8 nitrogen and oxygen atoms in total. The van der Waals surface area contributed by atoms with Gasteiger partial charge in [0, 0.05) is 12.0 Å². The highest BCUT2D eigenvalue weighted by molar-refractivity contribution is 7.45. The maximum absolute atomic E-state index is 12.3. The standard InChI is InChI=1S/C16H29B2O8P/c1-9(2)21-7-13-12(6-16(18)24-13)26-27(19,20)22-8-14-11(23-10(3)4)5-15(17)25-14/h9-16H,5-8H2,1-4H3,(H,19,20)/p-1/t11?,12?,13-,14-,15-,16-/m1/s1. The first-order chi connectivity index (χ1) is 12.6. The molecule has 0 N–H and O–H groups in total. The Morgan fingerprint density at radius 1 is 1.00 bits per heavy atom. The predicted molar refractivity (Wildman–Crippen MR) is 97.6 cm³/mol. The molecular weight excluding hydrogens is 373 g/mol. The third-order valence-electron chi connectivity index (χ3n) is 4.16. The molecule has 0 amide bonds. The zero-order valence-electron chi connectivity index (χ0n) is 16.3. The molecule has 0 aromatic rings. The zero-order valence-corrected chi connectivity index (χ0v) is 17.2. The summed E-state index contributed by atoms with van der Waals surface area (Å²) in [6.07, 6.45) is -1.64. The highest BCUT2D eigenvalue weighted by atomic mass is 31.2. The third kappa shape index (κ3) is 7.78. The fraction of sp³-hybridized carbons (Fsp3) is 1.00. The van der Waals surface area contributed by atoms with Crippen molar-refractivity contribution < 1.29 is 37.5 Å². The van der Waals surface area contributed by atoms with E-state index >= 15 is 0 Å². The van der Waals surface area contributed by atoms with Gasteiger partial charge in [0.25, 0.3) is 7.82 Å². The summed E-state index contributed by atoms with van der Waals surface area (Å²) in [5.74, 6) is 0. The van der Waals surface area contributed by atoms with Crippen molar-refractivity contribution in [3.05, 3.63) is 0 Å². The number of rotatable bonds is 10. The van der Waals surface area contributed by atoms with Gasteiger partial charge in [0.1, 0.15) is 27.9 Å². The summed E-state index contributed by atoms with van der Waals surface area (Å²) in [5.41, 5.74) is 0. The quantitative estimate of drug-likeness (QED) is 0.389. The van der Waals surface area contributed by atoms with Crippen LogP contribution in [0.3, 0.4) is 0 Å². The van der Waals surface area contributed by atoms with Crippen LogP contribution < -0.4 is 4.89 Å². The highest BCUT2D eigenvalue weighted by Gasteiger charge is 2.38. The lowest BCUT2D eigenvalue weighted by Gasteiger charge is -2.30. The smallest absolute Gasteiger partial charge is 0.268 e. The molecular formula is C16H28B2O8P-. The van der Waals surface area contributed by atoms with Gasteiger partial charge < -0.3 is 32.9 Å². The number of phosphoric acid groups is 1.